The van der Waals surface area contributed by atoms with Crippen LogP contribution in [0.25, 0.3) is 11.0 Å². The van der Waals surface area contributed by atoms with Gasteiger partial charge in [-0.3, -0.25) is 4.79 Å². The molecule has 1 saturated heterocycles. The zero-order valence-electron chi connectivity index (χ0n) is 15.3. The highest BCUT2D eigenvalue weighted by Gasteiger charge is 2.19. The van der Waals surface area contributed by atoms with Gasteiger partial charge in [0.25, 0.3) is 5.91 Å². The Morgan fingerprint density at radius 3 is 2.93 bits per heavy atom. The Morgan fingerprint density at radius 1 is 1.28 bits per heavy atom. The molecule has 2 heterocycles. The van der Waals surface area contributed by atoms with Crippen LogP contribution in [0.1, 0.15) is 23.2 Å². The third-order valence-electron chi connectivity index (χ3n) is 4.62. The Morgan fingerprint density at radius 2 is 2.14 bits per heavy atom. The zero-order valence-corrected chi connectivity index (χ0v) is 16.1. The second-order valence-electron chi connectivity index (χ2n) is 6.74. The first kappa shape index (κ1) is 19.4. The number of hydrogen-bond donors (Lipinski definition) is 2. The van der Waals surface area contributed by atoms with Crippen LogP contribution in [-0.2, 0) is 4.74 Å². The molecule has 0 aliphatic carbocycles. The molecule has 2 aromatic carbocycles. The Kier molecular flexibility index (Phi) is 5.51. The second-order valence-corrected chi connectivity index (χ2v) is 7.15. The Labute approximate surface area is 170 Å². The summed E-state index contributed by atoms with van der Waals surface area (Å²) in [7, 11) is 0. The summed E-state index contributed by atoms with van der Waals surface area (Å²) >= 11 is 6.11. The molecule has 6 nitrogen and oxygen atoms in total. The second kappa shape index (κ2) is 8.23. The molecule has 0 unspecified atom stereocenters. The summed E-state index contributed by atoms with van der Waals surface area (Å²) in [5, 5.41) is 13.4. The van der Waals surface area contributed by atoms with E-state index in [0.717, 1.165) is 18.9 Å². The van der Waals surface area contributed by atoms with E-state index in [1.165, 1.54) is 24.3 Å². The maximum Gasteiger partial charge on any atom is 0.256 e. The molecular weight excluding hydrogens is 399 g/mol. The molecule has 8 heteroatoms. The first-order chi connectivity index (χ1) is 14.0. The molecule has 29 heavy (non-hydrogen) atoms. The lowest BCUT2D eigenvalue weighted by molar-refractivity contribution is 0.0854. The van der Waals surface area contributed by atoms with Gasteiger partial charge in [-0.25, -0.2) is 9.38 Å². The van der Waals surface area contributed by atoms with Gasteiger partial charge in [0.1, 0.15) is 22.7 Å². The third kappa shape index (κ3) is 4.41. The Hall–Kier alpha value is -2.90. The minimum absolute atomic E-state index is 0.00608. The average Bonchev–Trinajstić information content (AvgIpc) is 3.22. The smallest absolute Gasteiger partial charge is 0.256 e. The fourth-order valence-electron chi connectivity index (χ4n) is 3.14. The summed E-state index contributed by atoms with van der Waals surface area (Å²) in [6.07, 6.45) is 1.83. The molecule has 1 aromatic heterocycles. The van der Waals surface area contributed by atoms with Crippen molar-refractivity contribution in [3.05, 3.63) is 64.4 Å². The first-order valence-corrected chi connectivity index (χ1v) is 9.54. The number of ether oxygens (including phenoxy) is 1. The predicted octanol–water partition coefficient (Wildman–Crippen LogP) is 4.07. The maximum absolute atomic E-state index is 13.6. The van der Waals surface area contributed by atoms with Gasteiger partial charge >= 0.3 is 0 Å². The van der Waals surface area contributed by atoms with E-state index in [0.29, 0.717) is 24.1 Å². The minimum Gasteiger partial charge on any atom is -0.508 e. The van der Waals surface area contributed by atoms with Crippen LogP contribution in [0.15, 0.2) is 51.9 Å². The van der Waals surface area contributed by atoms with Crippen molar-refractivity contribution in [2.24, 2.45) is 4.99 Å². The van der Waals surface area contributed by atoms with Crippen molar-refractivity contribution in [2.45, 2.75) is 18.9 Å². The number of nitrogens with zero attached hydrogens (tertiary/aromatic N) is 1. The number of benzene rings is 2. The van der Waals surface area contributed by atoms with Gasteiger partial charge in [0.2, 0.25) is 5.55 Å². The number of phenolic OH excluding ortho intramolecular Hbond substituents is 1. The van der Waals surface area contributed by atoms with Crippen molar-refractivity contribution in [1.82, 2.24) is 5.32 Å². The molecule has 1 atom stereocenters. The van der Waals surface area contributed by atoms with Gasteiger partial charge in [-0.1, -0.05) is 11.6 Å². The summed E-state index contributed by atoms with van der Waals surface area (Å²) in [5.41, 5.74) is 0.581. The summed E-state index contributed by atoms with van der Waals surface area (Å²) in [6, 6.07) is 9.88. The van der Waals surface area contributed by atoms with E-state index in [1.54, 1.807) is 12.1 Å². The van der Waals surface area contributed by atoms with E-state index in [1.807, 2.05) is 0 Å². The highest BCUT2D eigenvalue weighted by molar-refractivity contribution is 6.32. The van der Waals surface area contributed by atoms with E-state index in [-0.39, 0.29) is 33.7 Å². The highest BCUT2D eigenvalue weighted by atomic mass is 35.5. The lowest BCUT2D eigenvalue weighted by atomic mass is 10.1. The van der Waals surface area contributed by atoms with E-state index in [2.05, 4.69) is 10.3 Å². The van der Waals surface area contributed by atoms with Gasteiger partial charge in [-0.15, -0.1) is 0 Å². The standard InChI is InChI=1S/C21H18ClFN2O4/c22-17-6-4-13(23)9-18(17)25-21-16(20(27)24-11-15-2-1-7-28-15)8-12-3-5-14(26)10-19(12)29-21/h3-6,8-10,15,26H,1-2,7,11H2,(H,24,27)/t15-/m0/s1. The lowest BCUT2D eigenvalue weighted by Crippen LogP contribution is -2.34. The van der Waals surface area contributed by atoms with Crippen molar-refractivity contribution in [1.29, 1.82) is 0 Å². The van der Waals surface area contributed by atoms with Gasteiger partial charge in [0.05, 0.1) is 16.8 Å². The number of carbonyl (C=O) groups excluding carboxylic acids is 1. The van der Waals surface area contributed by atoms with Crippen LogP contribution in [0.4, 0.5) is 10.1 Å². The van der Waals surface area contributed by atoms with Crippen LogP contribution in [0.2, 0.25) is 5.02 Å². The highest BCUT2D eigenvalue weighted by Crippen LogP contribution is 2.26. The largest absolute Gasteiger partial charge is 0.508 e. The topological polar surface area (TPSA) is 84.1 Å². The van der Waals surface area contributed by atoms with E-state index >= 15 is 0 Å². The van der Waals surface area contributed by atoms with Gasteiger partial charge in [-0.2, -0.15) is 0 Å². The molecule has 2 N–H and O–H groups in total. The van der Waals surface area contributed by atoms with Gasteiger partial charge in [-0.05, 0) is 43.2 Å². The van der Waals surface area contributed by atoms with Crippen LogP contribution >= 0.6 is 11.6 Å². The van der Waals surface area contributed by atoms with Crippen LogP contribution in [0.3, 0.4) is 0 Å². The molecule has 1 fully saturated rings. The number of amides is 1. The quantitative estimate of drug-likeness (QED) is 0.671. The fourth-order valence-corrected chi connectivity index (χ4v) is 3.30. The number of phenols is 1. The van der Waals surface area contributed by atoms with E-state index in [9.17, 15) is 14.3 Å². The van der Waals surface area contributed by atoms with Gasteiger partial charge < -0.3 is 19.6 Å². The molecule has 150 valence electrons. The maximum atomic E-state index is 13.6. The van der Waals surface area contributed by atoms with Crippen LogP contribution < -0.4 is 10.9 Å². The van der Waals surface area contributed by atoms with Crippen LogP contribution in [0, 0.1) is 5.82 Å². The molecule has 0 saturated carbocycles. The summed E-state index contributed by atoms with van der Waals surface area (Å²) in [5.74, 6) is -0.909. The zero-order chi connectivity index (χ0) is 20.4. The van der Waals surface area contributed by atoms with Crippen molar-refractivity contribution >= 4 is 34.2 Å². The number of nitrogens with one attached hydrogen (secondary N) is 1. The van der Waals surface area contributed by atoms with Crippen LogP contribution in [-0.4, -0.2) is 30.3 Å². The molecule has 1 aliphatic rings. The molecule has 0 spiro atoms. The Bertz CT molecular complexity index is 1140. The molecule has 4 rings (SSSR count). The third-order valence-corrected chi connectivity index (χ3v) is 4.94. The number of rotatable bonds is 4. The van der Waals surface area contributed by atoms with Crippen LogP contribution in [0.5, 0.6) is 5.75 Å². The lowest BCUT2D eigenvalue weighted by Gasteiger charge is -2.11. The van der Waals surface area contributed by atoms with Gasteiger partial charge in [0, 0.05) is 30.7 Å². The number of halogens is 2. The average molecular weight is 417 g/mol. The normalized spacial score (nSPS) is 17.0. The summed E-state index contributed by atoms with van der Waals surface area (Å²) < 4.78 is 24.9. The number of fused-ring (bicyclic) bond motifs is 1. The molecule has 1 amide bonds. The Balaban J connectivity index is 1.79. The molecule has 1 aliphatic heterocycles. The molecule has 3 aromatic rings. The van der Waals surface area contributed by atoms with E-state index < -0.39 is 11.7 Å². The molecule has 0 radical (unpaired) electrons. The van der Waals surface area contributed by atoms with Crippen molar-refractivity contribution in [3.63, 3.8) is 0 Å². The number of hydrogen-bond acceptors (Lipinski definition) is 5. The molecule has 0 bridgehead atoms. The monoisotopic (exact) mass is 416 g/mol. The SMILES string of the molecule is O=C(NC[C@@H]1CCCO1)c1cc2ccc(O)cc2oc1=Nc1cc(F)ccc1Cl. The van der Waals surface area contributed by atoms with E-state index in [4.69, 9.17) is 20.8 Å². The van der Waals surface area contributed by atoms with Crippen molar-refractivity contribution in [2.75, 3.05) is 13.2 Å². The van der Waals surface area contributed by atoms with Gasteiger partial charge in [0.15, 0.2) is 0 Å². The summed E-state index contributed by atoms with van der Waals surface area (Å²) in [6.45, 7) is 1.06. The fraction of sp³-hybridized carbons (Fsp3) is 0.238. The number of carbonyl (C=O) groups is 1. The number of aromatic hydroxyl groups is 1. The van der Waals surface area contributed by atoms with Crippen molar-refractivity contribution < 1.29 is 23.4 Å². The first-order valence-electron chi connectivity index (χ1n) is 9.16. The minimum atomic E-state index is -0.518. The molecular formula is C21H18ClFN2O4. The van der Waals surface area contributed by atoms with Crippen molar-refractivity contribution in [3.8, 4) is 5.75 Å². The summed E-state index contributed by atoms with van der Waals surface area (Å²) in [4.78, 5) is 17.1. The predicted molar refractivity (Wildman–Crippen MR) is 106 cm³/mol.